The Morgan fingerprint density at radius 3 is 1.78 bits per heavy atom. The largest absolute Gasteiger partial charge is 2.00 e. The molecule has 0 aromatic rings. The summed E-state index contributed by atoms with van der Waals surface area (Å²) in [4.78, 5) is 8.25. The van der Waals surface area contributed by atoms with Gasteiger partial charge < -0.3 is 16.3 Å². The third kappa shape index (κ3) is 11.6. The molecule has 0 spiro atoms. The van der Waals surface area contributed by atoms with Crippen LogP contribution in [-0.2, 0) is 24.3 Å². The molecule has 48 valence electrons. The monoisotopic (exact) mass is 178 g/mol. The number of rotatable bonds is 0. The summed E-state index contributed by atoms with van der Waals surface area (Å²) in [6, 6.07) is 0. The molecule has 0 heterocycles. The molecule has 0 radical (unpaired) electrons. The average molecular weight is 180 g/mol. The minimum atomic E-state index is -0.500. The molecular weight excluding hydrogens is 169 g/mol. The molecule has 1 aliphatic carbocycles. The molecule has 1 aliphatic rings. The summed E-state index contributed by atoms with van der Waals surface area (Å²) in [5, 5.41) is 8.25. The van der Waals surface area contributed by atoms with Crippen LogP contribution in [0.3, 0.4) is 0 Å². The van der Waals surface area contributed by atoms with Crippen molar-refractivity contribution >= 4 is 6.47 Å². The van der Waals surface area contributed by atoms with Gasteiger partial charge in [-0.3, -0.25) is 0 Å². The third-order valence-corrected chi connectivity index (χ3v) is 1.07. The average Bonchev–Trinajstić information content (AvgIpc) is 2.17. The molecule has 0 aromatic carbocycles. The van der Waals surface area contributed by atoms with Crippen LogP contribution >= 0.6 is 0 Å². The van der Waals surface area contributed by atoms with E-state index in [-0.39, 0.29) is 19.5 Å². The number of hydrogen-bond donors (Lipinski definition) is 0. The summed E-state index contributed by atoms with van der Waals surface area (Å²) in [5.74, 6) is 0. The number of carboxylic acid groups (broad SMARTS) is 1. The van der Waals surface area contributed by atoms with Crippen LogP contribution in [0.1, 0.15) is 25.7 Å². The zero-order valence-electron chi connectivity index (χ0n) is 5.51. The maximum absolute atomic E-state index is 8.25. The molecule has 0 saturated heterocycles. The van der Waals surface area contributed by atoms with E-state index >= 15 is 0 Å². The first-order valence-electron chi connectivity index (χ1n) is 2.79. The second-order valence-corrected chi connectivity index (χ2v) is 1.67. The SMILES string of the molecule is O=C[O-].[CH-]1CCCC1.[Zn+2]. The summed E-state index contributed by atoms with van der Waals surface area (Å²) in [6.07, 6.45) is 8.00. The summed E-state index contributed by atoms with van der Waals surface area (Å²) < 4.78 is 0. The smallest absolute Gasteiger partial charge is 0.554 e. The first-order chi connectivity index (χ1) is 3.91. The maximum atomic E-state index is 8.25. The first-order valence-corrected chi connectivity index (χ1v) is 2.79. The van der Waals surface area contributed by atoms with E-state index in [4.69, 9.17) is 9.90 Å². The van der Waals surface area contributed by atoms with Crippen LogP contribution < -0.4 is 5.11 Å². The minimum absolute atomic E-state index is 0. The van der Waals surface area contributed by atoms with Crippen molar-refractivity contribution in [3.8, 4) is 0 Å². The molecule has 1 fully saturated rings. The van der Waals surface area contributed by atoms with E-state index in [1.54, 1.807) is 0 Å². The molecule has 1 saturated carbocycles. The first kappa shape index (κ1) is 11.8. The molecule has 9 heavy (non-hydrogen) atoms. The van der Waals surface area contributed by atoms with Gasteiger partial charge in [0.25, 0.3) is 0 Å². The van der Waals surface area contributed by atoms with Crippen molar-refractivity contribution in [3.63, 3.8) is 0 Å². The van der Waals surface area contributed by atoms with E-state index in [0.29, 0.717) is 0 Å². The zero-order chi connectivity index (χ0) is 6.24. The van der Waals surface area contributed by atoms with Crippen LogP contribution in [0.2, 0.25) is 0 Å². The van der Waals surface area contributed by atoms with Gasteiger partial charge in [-0.2, -0.15) is 12.8 Å². The van der Waals surface area contributed by atoms with Gasteiger partial charge >= 0.3 is 19.5 Å². The Balaban J connectivity index is 0. The topological polar surface area (TPSA) is 40.1 Å². The second kappa shape index (κ2) is 11.0. The summed E-state index contributed by atoms with van der Waals surface area (Å²) >= 11 is 0. The molecule has 0 aliphatic heterocycles. The Hall–Kier alpha value is 0.0934. The van der Waals surface area contributed by atoms with E-state index < -0.39 is 6.47 Å². The van der Waals surface area contributed by atoms with Gasteiger partial charge in [0.05, 0.1) is 0 Å². The van der Waals surface area contributed by atoms with E-state index in [9.17, 15) is 0 Å². The van der Waals surface area contributed by atoms with Crippen molar-refractivity contribution in [2.45, 2.75) is 25.7 Å². The van der Waals surface area contributed by atoms with Gasteiger partial charge in [0.2, 0.25) is 0 Å². The third-order valence-electron chi connectivity index (χ3n) is 1.07. The van der Waals surface area contributed by atoms with Gasteiger partial charge in [-0.05, 0) is 0 Å². The van der Waals surface area contributed by atoms with E-state index in [2.05, 4.69) is 6.42 Å². The van der Waals surface area contributed by atoms with Crippen molar-refractivity contribution in [2.24, 2.45) is 0 Å². The predicted molar refractivity (Wildman–Crippen MR) is 28.8 cm³/mol. The normalized spacial score (nSPS) is 14.7. The molecule has 0 bridgehead atoms. The van der Waals surface area contributed by atoms with Gasteiger partial charge in [-0.25, -0.2) is 0 Å². The number of hydrogen-bond acceptors (Lipinski definition) is 2. The Morgan fingerprint density at radius 1 is 1.33 bits per heavy atom. The van der Waals surface area contributed by atoms with Crippen LogP contribution in [0.15, 0.2) is 0 Å². The fraction of sp³-hybridized carbons (Fsp3) is 0.667. The Kier molecular flexibility index (Phi) is 14.4. The van der Waals surface area contributed by atoms with Crippen molar-refractivity contribution in [3.05, 3.63) is 6.42 Å². The Labute approximate surface area is 68.4 Å². The van der Waals surface area contributed by atoms with Crippen molar-refractivity contribution in [2.75, 3.05) is 0 Å². The predicted octanol–water partition coefficient (Wildman–Crippen LogP) is 0.128. The van der Waals surface area contributed by atoms with Crippen LogP contribution in [0.25, 0.3) is 0 Å². The second-order valence-electron chi connectivity index (χ2n) is 1.67. The number of carbonyl (C=O) groups excluding carboxylic acids is 1. The molecule has 3 heteroatoms. The summed E-state index contributed by atoms with van der Waals surface area (Å²) in [6.45, 7) is -0.500. The molecule has 0 aromatic heterocycles. The summed E-state index contributed by atoms with van der Waals surface area (Å²) in [7, 11) is 0. The van der Waals surface area contributed by atoms with E-state index in [1.165, 1.54) is 25.7 Å². The minimum Gasteiger partial charge on any atom is -0.554 e. The number of carbonyl (C=O) groups is 1. The standard InChI is InChI=1S/C5H9.CH2O2.Zn/c1-2-4-5-3-1;2-1-3;/h1H,2-5H2;1H,(H,2,3);/q-1;;+2/p-1. The van der Waals surface area contributed by atoms with E-state index in [0.717, 1.165) is 0 Å². The fourth-order valence-electron chi connectivity index (χ4n) is 0.722. The Bertz CT molecular complexity index is 45.4. The molecule has 2 nitrogen and oxygen atoms in total. The molecule has 0 unspecified atom stereocenters. The van der Waals surface area contributed by atoms with Crippen molar-refractivity contribution in [1.82, 2.24) is 0 Å². The van der Waals surface area contributed by atoms with Crippen LogP contribution in [0, 0.1) is 6.42 Å². The fourth-order valence-corrected chi connectivity index (χ4v) is 0.722. The molecule has 1 rings (SSSR count). The van der Waals surface area contributed by atoms with Crippen LogP contribution in [-0.4, -0.2) is 6.47 Å². The van der Waals surface area contributed by atoms with Gasteiger partial charge in [0.1, 0.15) is 0 Å². The molecular formula is C6H10O2Zn. The molecule has 0 atom stereocenters. The van der Waals surface area contributed by atoms with Crippen LogP contribution in [0.4, 0.5) is 0 Å². The van der Waals surface area contributed by atoms with E-state index in [1.807, 2.05) is 0 Å². The van der Waals surface area contributed by atoms with Gasteiger partial charge in [0.15, 0.2) is 0 Å². The maximum Gasteiger partial charge on any atom is 2.00 e. The zero-order valence-corrected chi connectivity index (χ0v) is 8.47. The van der Waals surface area contributed by atoms with Gasteiger partial charge in [0, 0.05) is 6.47 Å². The summed E-state index contributed by atoms with van der Waals surface area (Å²) in [5.41, 5.74) is 0. The van der Waals surface area contributed by atoms with Crippen LogP contribution in [0.5, 0.6) is 0 Å². The van der Waals surface area contributed by atoms with Gasteiger partial charge in [-0.1, -0.05) is 12.8 Å². The molecule has 0 amide bonds. The van der Waals surface area contributed by atoms with Gasteiger partial charge in [-0.15, -0.1) is 0 Å². The van der Waals surface area contributed by atoms with Crippen molar-refractivity contribution in [1.29, 1.82) is 0 Å². The Morgan fingerprint density at radius 2 is 1.67 bits per heavy atom. The molecule has 0 N–H and O–H groups in total. The van der Waals surface area contributed by atoms with Crippen molar-refractivity contribution < 1.29 is 29.4 Å². The quantitative estimate of drug-likeness (QED) is 0.301.